The molecule has 2 aliphatic heterocycles. The van der Waals surface area contributed by atoms with Crippen LogP contribution in [0.1, 0.15) is 31.4 Å². The van der Waals surface area contributed by atoms with Gasteiger partial charge in [-0.05, 0) is 30.5 Å². The molecule has 0 unspecified atom stereocenters. The van der Waals surface area contributed by atoms with Crippen LogP contribution < -0.4 is 4.74 Å². The van der Waals surface area contributed by atoms with E-state index >= 15 is 0 Å². The summed E-state index contributed by atoms with van der Waals surface area (Å²) in [7, 11) is 1.67. The molecule has 3 rings (SSSR count). The average molecular weight is 297 g/mol. The number of rotatable bonds is 3. The lowest BCUT2D eigenvalue weighted by Crippen LogP contribution is -2.44. The van der Waals surface area contributed by atoms with Crippen LogP contribution in [0.2, 0.25) is 0 Å². The molecule has 0 amide bonds. The highest BCUT2D eigenvalue weighted by atomic mass is 35.5. The van der Waals surface area contributed by atoms with Gasteiger partial charge in [-0.15, -0.1) is 11.6 Å². The fraction of sp³-hybridized carbons (Fsp3) is 0.625. The summed E-state index contributed by atoms with van der Waals surface area (Å²) in [4.78, 5) is -0.274. The Balaban J connectivity index is 1.79. The molecule has 0 radical (unpaired) electrons. The first-order valence-corrected chi connectivity index (χ1v) is 7.60. The van der Waals surface area contributed by atoms with Crippen molar-refractivity contribution in [2.75, 3.05) is 20.3 Å². The van der Waals surface area contributed by atoms with Gasteiger partial charge in [-0.1, -0.05) is 19.1 Å². The maximum atomic E-state index is 6.82. The van der Waals surface area contributed by atoms with E-state index in [0.717, 1.165) is 24.2 Å². The van der Waals surface area contributed by atoms with Crippen molar-refractivity contribution in [1.82, 2.24) is 0 Å². The molecule has 0 aromatic heterocycles. The highest BCUT2D eigenvalue weighted by Gasteiger charge is 2.52. The van der Waals surface area contributed by atoms with Crippen LogP contribution in [0.15, 0.2) is 24.3 Å². The molecule has 1 aromatic carbocycles. The summed E-state index contributed by atoms with van der Waals surface area (Å²) < 4.78 is 17.1. The van der Waals surface area contributed by atoms with Crippen LogP contribution in [0.4, 0.5) is 0 Å². The van der Waals surface area contributed by atoms with Crippen molar-refractivity contribution in [1.29, 1.82) is 0 Å². The van der Waals surface area contributed by atoms with Crippen LogP contribution >= 0.6 is 11.6 Å². The molecule has 110 valence electrons. The Bertz CT molecular complexity index is 461. The molecule has 4 atom stereocenters. The van der Waals surface area contributed by atoms with Gasteiger partial charge in [0.1, 0.15) is 5.75 Å². The number of methoxy groups -OCH3 is 1. The van der Waals surface area contributed by atoms with Crippen molar-refractivity contribution in [2.24, 2.45) is 5.92 Å². The Hall–Kier alpha value is -0.770. The van der Waals surface area contributed by atoms with E-state index in [1.807, 2.05) is 12.1 Å². The lowest BCUT2D eigenvalue weighted by atomic mass is 9.81. The van der Waals surface area contributed by atoms with E-state index in [0.29, 0.717) is 13.2 Å². The van der Waals surface area contributed by atoms with Crippen molar-refractivity contribution in [2.45, 2.75) is 36.8 Å². The molecule has 1 aromatic rings. The second kappa shape index (κ2) is 5.55. The van der Waals surface area contributed by atoms with Gasteiger partial charge in [-0.3, -0.25) is 0 Å². The smallest absolute Gasteiger partial charge is 0.118 e. The molecule has 0 bridgehead atoms. The zero-order valence-electron chi connectivity index (χ0n) is 12.0. The van der Waals surface area contributed by atoms with Gasteiger partial charge < -0.3 is 14.2 Å². The molecule has 0 N–H and O–H groups in total. The molecule has 0 saturated carbocycles. The highest BCUT2D eigenvalue weighted by Crippen LogP contribution is 2.50. The second-order valence-corrected chi connectivity index (χ2v) is 6.47. The second-order valence-electron chi connectivity index (χ2n) is 5.71. The van der Waals surface area contributed by atoms with Gasteiger partial charge in [0.05, 0.1) is 37.4 Å². The first-order valence-electron chi connectivity index (χ1n) is 7.22. The van der Waals surface area contributed by atoms with E-state index in [4.69, 9.17) is 25.8 Å². The number of alkyl halides is 1. The molecule has 2 fully saturated rings. The quantitative estimate of drug-likeness (QED) is 0.798. The summed E-state index contributed by atoms with van der Waals surface area (Å²) >= 11 is 6.82. The van der Waals surface area contributed by atoms with Gasteiger partial charge in [-0.25, -0.2) is 0 Å². The first kappa shape index (κ1) is 14.2. The third-order valence-corrected chi connectivity index (χ3v) is 5.05. The van der Waals surface area contributed by atoms with E-state index in [9.17, 15) is 0 Å². The van der Waals surface area contributed by atoms with Crippen LogP contribution in [0, 0.1) is 5.92 Å². The van der Waals surface area contributed by atoms with Crippen LogP contribution in [0.3, 0.4) is 0 Å². The molecule has 0 spiro atoms. The molecule has 2 aliphatic rings. The number of halogens is 1. The first-order chi connectivity index (χ1) is 9.66. The third kappa shape index (κ3) is 2.43. The SMILES string of the molecule is CC[C@H]1C[C@]2(Cl)CO[C@H](c3ccc(OC)cc3)[C@@H]2CO1. The van der Waals surface area contributed by atoms with E-state index in [1.54, 1.807) is 7.11 Å². The maximum Gasteiger partial charge on any atom is 0.118 e. The number of fused-ring (bicyclic) bond motifs is 1. The molecule has 4 heteroatoms. The van der Waals surface area contributed by atoms with Crippen LogP contribution in [0.5, 0.6) is 5.75 Å². The molecule has 2 saturated heterocycles. The van der Waals surface area contributed by atoms with E-state index in [1.165, 1.54) is 0 Å². The Morgan fingerprint density at radius 2 is 2.05 bits per heavy atom. The predicted molar refractivity (Wildman–Crippen MR) is 78.4 cm³/mol. The summed E-state index contributed by atoms with van der Waals surface area (Å²) in [6.07, 6.45) is 2.18. The summed E-state index contributed by atoms with van der Waals surface area (Å²) in [6.45, 7) is 3.43. The Labute approximate surface area is 125 Å². The minimum Gasteiger partial charge on any atom is -0.497 e. The fourth-order valence-electron chi connectivity index (χ4n) is 3.23. The zero-order chi connectivity index (χ0) is 14.2. The monoisotopic (exact) mass is 296 g/mol. The van der Waals surface area contributed by atoms with Gasteiger partial charge in [-0.2, -0.15) is 0 Å². The number of hydrogen-bond donors (Lipinski definition) is 0. The maximum absolute atomic E-state index is 6.82. The number of hydrogen-bond acceptors (Lipinski definition) is 3. The number of benzene rings is 1. The van der Waals surface area contributed by atoms with Gasteiger partial charge in [0, 0.05) is 5.92 Å². The van der Waals surface area contributed by atoms with Crippen LogP contribution in [-0.2, 0) is 9.47 Å². The fourth-order valence-corrected chi connectivity index (χ4v) is 3.64. The van der Waals surface area contributed by atoms with Crippen molar-refractivity contribution < 1.29 is 14.2 Å². The highest BCUT2D eigenvalue weighted by molar-refractivity contribution is 6.24. The van der Waals surface area contributed by atoms with Gasteiger partial charge >= 0.3 is 0 Å². The Morgan fingerprint density at radius 3 is 2.70 bits per heavy atom. The Kier molecular flexibility index (Phi) is 3.93. The Morgan fingerprint density at radius 1 is 1.30 bits per heavy atom. The molecular weight excluding hydrogens is 276 g/mol. The summed E-state index contributed by atoms with van der Waals surface area (Å²) in [5.74, 6) is 1.08. The largest absolute Gasteiger partial charge is 0.497 e. The average Bonchev–Trinajstić information content (AvgIpc) is 2.83. The summed E-state index contributed by atoms with van der Waals surface area (Å²) in [6, 6.07) is 8.03. The van der Waals surface area contributed by atoms with Crippen molar-refractivity contribution >= 4 is 11.6 Å². The lowest BCUT2D eigenvalue weighted by Gasteiger charge is -2.38. The van der Waals surface area contributed by atoms with Crippen LogP contribution in [0.25, 0.3) is 0 Å². The summed E-state index contributed by atoms with van der Waals surface area (Å²) in [5.41, 5.74) is 1.15. The van der Waals surface area contributed by atoms with Crippen molar-refractivity contribution in [3.63, 3.8) is 0 Å². The minimum atomic E-state index is -0.274. The zero-order valence-corrected chi connectivity index (χ0v) is 12.7. The normalized spacial score (nSPS) is 36.6. The van der Waals surface area contributed by atoms with E-state index in [2.05, 4.69) is 19.1 Å². The van der Waals surface area contributed by atoms with Crippen molar-refractivity contribution in [3.05, 3.63) is 29.8 Å². The van der Waals surface area contributed by atoms with Gasteiger partial charge in [0.25, 0.3) is 0 Å². The van der Waals surface area contributed by atoms with Gasteiger partial charge in [0.15, 0.2) is 0 Å². The lowest BCUT2D eigenvalue weighted by molar-refractivity contribution is -0.0375. The van der Waals surface area contributed by atoms with Gasteiger partial charge in [0.2, 0.25) is 0 Å². The molecule has 2 heterocycles. The topological polar surface area (TPSA) is 27.7 Å². The minimum absolute atomic E-state index is 0.0243. The standard InChI is InChI=1S/C16H21ClO3/c1-3-12-8-16(17)10-20-15(14(16)9-19-12)11-4-6-13(18-2)7-5-11/h4-7,12,14-15H,3,8-10H2,1-2H3/t12-,14-,15+,16-/m0/s1. The number of ether oxygens (including phenoxy) is 3. The molecule has 0 aliphatic carbocycles. The molecule has 3 nitrogen and oxygen atoms in total. The van der Waals surface area contributed by atoms with E-state index in [-0.39, 0.29) is 23.0 Å². The summed E-state index contributed by atoms with van der Waals surface area (Å²) in [5, 5.41) is 0. The third-order valence-electron chi connectivity index (χ3n) is 4.51. The molecule has 20 heavy (non-hydrogen) atoms. The molecular formula is C16H21ClO3. The predicted octanol–water partition coefficient (Wildman–Crippen LogP) is 3.56. The van der Waals surface area contributed by atoms with Crippen molar-refractivity contribution in [3.8, 4) is 5.75 Å². The van der Waals surface area contributed by atoms with E-state index < -0.39 is 0 Å². The van der Waals surface area contributed by atoms with Crippen LogP contribution in [-0.4, -0.2) is 31.3 Å².